The monoisotopic (exact) mass is 313 g/mol. The van der Waals surface area contributed by atoms with Crippen molar-refractivity contribution >= 4 is 15.9 Å². The van der Waals surface area contributed by atoms with Gasteiger partial charge in [0.25, 0.3) is 0 Å². The minimum atomic E-state index is -3.72. The summed E-state index contributed by atoms with van der Waals surface area (Å²) in [6.07, 6.45) is 0. The Morgan fingerprint density at radius 1 is 1.33 bits per heavy atom. The van der Waals surface area contributed by atoms with E-state index in [-0.39, 0.29) is 23.9 Å². The van der Waals surface area contributed by atoms with Gasteiger partial charge in [0.1, 0.15) is 0 Å². The van der Waals surface area contributed by atoms with E-state index in [2.05, 4.69) is 10.0 Å². The standard InChI is InChI=1S/C14H23N3O3S/c1-10(2)8-16-14(18)9-17-21(19,20)13-6-12(7-15)5-4-11(13)3/h4-6,10,17H,7-9,15H2,1-3H3,(H,16,18). The number of hydrogen-bond acceptors (Lipinski definition) is 4. The molecule has 0 radical (unpaired) electrons. The molecule has 4 N–H and O–H groups in total. The highest BCUT2D eigenvalue weighted by atomic mass is 32.2. The summed E-state index contributed by atoms with van der Waals surface area (Å²) in [5.41, 5.74) is 6.86. The number of hydrogen-bond donors (Lipinski definition) is 3. The summed E-state index contributed by atoms with van der Waals surface area (Å²) in [4.78, 5) is 11.7. The molecule has 7 heteroatoms. The lowest BCUT2D eigenvalue weighted by Crippen LogP contribution is -2.38. The molecule has 0 aliphatic heterocycles. The predicted octanol–water partition coefficient (Wildman–Crippen LogP) is 0.504. The fraction of sp³-hybridized carbons (Fsp3) is 0.500. The van der Waals surface area contributed by atoms with Crippen LogP contribution in [-0.2, 0) is 21.4 Å². The molecule has 1 aromatic carbocycles. The number of rotatable bonds is 7. The van der Waals surface area contributed by atoms with Gasteiger partial charge in [0.05, 0.1) is 11.4 Å². The maximum Gasteiger partial charge on any atom is 0.241 e. The van der Waals surface area contributed by atoms with Crippen LogP contribution in [0.4, 0.5) is 0 Å². The van der Waals surface area contributed by atoms with Crippen molar-refractivity contribution in [2.45, 2.75) is 32.2 Å². The lowest BCUT2D eigenvalue weighted by Gasteiger charge is -2.11. The van der Waals surface area contributed by atoms with Crippen LogP contribution in [0.15, 0.2) is 23.1 Å². The minimum absolute atomic E-state index is 0.155. The smallest absolute Gasteiger partial charge is 0.241 e. The van der Waals surface area contributed by atoms with E-state index in [1.165, 1.54) is 6.07 Å². The Morgan fingerprint density at radius 3 is 2.57 bits per heavy atom. The zero-order valence-corrected chi connectivity index (χ0v) is 13.5. The molecule has 118 valence electrons. The van der Waals surface area contributed by atoms with E-state index in [0.29, 0.717) is 18.0 Å². The van der Waals surface area contributed by atoms with Crippen molar-refractivity contribution in [2.24, 2.45) is 11.7 Å². The van der Waals surface area contributed by atoms with E-state index >= 15 is 0 Å². The van der Waals surface area contributed by atoms with Crippen molar-refractivity contribution in [2.75, 3.05) is 13.1 Å². The third kappa shape index (κ3) is 5.45. The zero-order valence-electron chi connectivity index (χ0n) is 12.6. The molecule has 6 nitrogen and oxygen atoms in total. The van der Waals surface area contributed by atoms with E-state index < -0.39 is 10.0 Å². The second-order valence-corrected chi connectivity index (χ2v) is 7.06. The maximum atomic E-state index is 12.2. The Kier molecular flexibility index (Phi) is 6.32. The van der Waals surface area contributed by atoms with Gasteiger partial charge in [-0.25, -0.2) is 13.1 Å². The predicted molar refractivity (Wildman–Crippen MR) is 82.1 cm³/mol. The Morgan fingerprint density at radius 2 is 2.00 bits per heavy atom. The summed E-state index contributed by atoms with van der Waals surface area (Å²) >= 11 is 0. The van der Waals surface area contributed by atoms with Crippen LogP contribution >= 0.6 is 0 Å². The fourth-order valence-electron chi connectivity index (χ4n) is 1.68. The third-order valence-electron chi connectivity index (χ3n) is 2.91. The van der Waals surface area contributed by atoms with Gasteiger partial charge in [-0.1, -0.05) is 26.0 Å². The number of benzene rings is 1. The lowest BCUT2D eigenvalue weighted by molar-refractivity contribution is -0.120. The highest BCUT2D eigenvalue weighted by molar-refractivity contribution is 7.89. The van der Waals surface area contributed by atoms with Crippen LogP contribution in [0.1, 0.15) is 25.0 Å². The topological polar surface area (TPSA) is 101 Å². The van der Waals surface area contributed by atoms with Crippen molar-refractivity contribution in [3.05, 3.63) is 29.3 Å². The Labute approximate surface area is 126 Å². The van der Waals surface area contributed by atoms with Crippen LogP contribution in [0, 0.1) is 12.8 Å². The summed E-state index contributed by atoms with van der Waals surface area (Å²) in [5.74, 6) is -0.0334. The molecule has 0 fully saturated rings. The molecule has 0 spiro atoms. The van der Waals surface area contributed by atoms with Gasteiger partial charge in [0.2, 0.25) is 15.9 Å². The summed E-state index contributed by atoms with van der Waals surface area (Å²) in [7, 11) is -3.72. The molecule has 0 atom stereocenters. The second-order valence-electron chi connectivity index (χ2n) is 5.33. The number of nitrogens with one attached hydrogen (secondary N) is 2. The summed E-state index contributed by atoms with van der Waals surface area (Å²) in [6.45, 7) is 6.13. The first-order valence-corrected chi connectivity index (χ1v) is 8.30. The zero-order chi connectivity index (χ0) is 16.0. The van der Waals surface area contributed by atoms with Gasteiger partial charge >= 0.3 is 0 Å². The molecule has 0 saturated carbocycles. The van der Waals surface area contributed by atoms with Crippen molar-refractivity contribution in [1.29, 1.82) is 0 Å². The number of carbonyl (C=O) groups excluding carboxylic acids is 1. The molecular weight excluding hydrogens is 290 g/mol. The SMILES string of the molecule is Cc1ccc(CN)cc1S(=O)(=O)NCC(=O)NCC(C)C. The van der Waals surface area contributed by atoms with Crippen molar-refractivity contribution in [3.8, 4) is 0 Å². The first-order chi connectivity index (χ1) is 9.76. The molecule has 0 saturated heterocycles. The molecule has 1 amide bonds. The number of sulfonamides is 1. The van der Waals surface area contributed by atoms with E-state index in [1.54, 1.807) is 19.1 Å². The lowest BCUT2D eigenvalue weighted by atomic mass is 10.1. The molecule has 0 aliphatic rings. The Hall–Kier alpha value is -1.44. The molecule has 0 unspecified atom stereocenters. The van der Waals surface area contributed by atoms with Crippen molar-refractivity contribution in [3.63, 3.8) is 0 Å². The number of aryl methyl sites for hydroxylation is 1. The highest BCUT2D eigenvalue weighted by Crippen LogP contribution is 2.16. The summed E-state index contributed by atoms with van der Waals surface area (Å²) < 4.78 is 26.8. The van der Waals surface area contributed by atoms with E-state index in [1.807, 2.05) is 13.8 Å². The first kappa shape index (κ1) is 17.6. The van der Waals surface area contributed by atoms with Gasteiger partial charge in [-0.05, 0) is 30.0 Å². The van der Waals surface area contributed by atoms with Crippen LogP contribution in [-0.4, -0.2) is 27.4 Å². The molecule has 0 aliphatic carbocycles. The minimum Gasteiger partial charge on any atom is -0.355 e. The van der Waals surface area contributed by atoms with Crippen molar-refractivity contribution in [1.82, 2.24) is 10.0 Å². The van der Waals surface area contributed by atoms with Crippen LogP contribution in [0.25, 0.3) is 0 Å². The Balaban J connectivity index is 2.76. The van der Waals surface area contributed by atoms with E-state index in [4.69, 9.17) is 5.73 Å². The van der Waals surface area contributed by atoms with Crippen molar-refractivity contribution < 1.29 is 13.2 Å². The largest absolute Gasteiger partial charge is 0.355 e. The number of carbonyl (C=O) groups is 1. The van der Waals surface area contributed by atoms with Gasteiger partial charge in [-0.2, -0.15) is 0 Å². The van der Waals surface area contributed by atoms with Crippen LogP contribution in [0.2, 0.25) is 0 Å². The van der Waals surface area contributed by atoms with Gasteiger partial charge in [0.15, 0.2) is 0 Å². The van der Waals surface area contributed by atoms with E-state index in [9.17, 15) is 13.2 Å². The molecule has 0 aromatic heterocycles. The molecule has 0 bridgehead atoms. The summed E-state index contributed by atoms with van der Waals surface area (Å²) in [5, 5.41) is 2.66. The average Bonchev–Trinajstić information content (AvgIpc) is 2.43. The molecule has 21 heavy (non-hydrogen) atoms. The number of amides is 1. The molecule has 1 rings (SSSR count). The number of nitrogens with two attached hydrogens (primary N) is 1. The quantitative estimate of drug-likeness (QED) is 0.682. The molecule has 0 heterocycles. The highest BCUT2D eigenvalue weighted by Gasteiger charge is 2.18. The maximum absolute atomic E-state index is 12.2. The van der Waals surface area contributed by atoms with E-state index in [0.717, 1.165) is 5.56 Å². The Bertz CT molecular complexity index is 597. The molecular formula is C14H23N3O3S. The van der Waals surface area contributed by atoms with Crippen LogP contribution in [0.5, 0.6) is 0 Å². The van der Waals surface area contributed by atoms with Crippen LogP contribution < -0.4 is 15.8 Å². The normalized spacial score (nSPS) is 11.7. The fourth-order valence-corrected chi connectivity index (χ4v) is 2.95. The van der Waals surface area contributed by atoms with Crippen LogP contribution in [0.3, 0.4) is 0 Å². The summed E-state index contributed by atoms with van der Waals surface area (Å²) in [6, 6.07) is 5.02. The first-order valence-electron chi connectivity index (χ1n) is 6.82. The second kappa shape index (κ2) is 7.53. The third-order valence-corrected chi connectivity index (χ3v) is 4.45. The average molecular weight is 313 g/mol. The van der Waals surface area contributed by atoms with Gasteiger partial charge in [-0.3, -0.25) is 4.79 Å². The van der Waals surface area contributed by atoms with Gasteiger partial charge in [-0.15, -0.1) is 0 Å². The van der Waals surface area contributed by atoms with Gasteiger partial charge in [0, 0.05) is 13.1 Å². The molecule has 1 aromatic rings. The van der Waals surface area contributed by atoms with Gasteiger partial charge < -0.3 is 11.1 Å².